The minimum Gasteiger partial charge on any atom is -0.459 e. The van der Waals surface area contributed by atoms with Crippen LogP contribution in [-0.4, -0.2) is 25.8 Å². The molecule has 0 atom stereocenters. The average molecular weight is 428 g/mol. The molecule has 9 heteroatoms. The van der Waals surface area contributed by atoms with Gasteiger partial charge in [-0.3, -0.25) is 4.79 Å². The number of nitrogens with two attached hydrogens (primary N) is 1. The molecule has 0 aliphatic rings. The van der Waals surface area contributed by atoms with E-state index in [1.54, 1.807) is 36.7 Å². The number of carbonyl (C=O) groups excluding carboxylic acids is 1. The maximum absolute atomic E-state index is 11.3. The number of aromatic nitrogens is 4. The molecule has 0 fully saturated rings. The summed E-state index contributed by atoms with van der Waals surface area (Å²) in [7, 11) is 0. The lowest BCUT2D eigenvalue weighted by molar-refractivity contribution is -0.114. The van der Waals surface area contributed by atoms with Gasteiger partial charge in [0.15, 0.2) is 0 Å². The number of hydrogen-bond acceptors (Lipinski definition) is 8. The maximum atomic E-state index is 11.3. The fourth-order valence-corrected chi connectivity index (χ4v) is 2.93. The van der Waals surface area contributed by atoms with E-state index in [9.17, 15) is 4.79 Å². The summed E-state index contributed by atoms with van der Waals surface area (Å²) in [5.41, 5.74) is 8.74. The lowest BCUT2D eigenvalue weighted by atomic mass is 10.1. The maximum Gasteiger partial charge on any atom is 0.316 e. The Kier molecular flexibility index (Phi) is 6.17. The highest BCUT2D eigenvalue weighted by molar-refractivity contribution is 5.88. The topological polar surface area (TPSA) is 125 Å². The van der Waals surface area contributed by atoms with E-state index in [2.05, 4.69) is 25.3 Å². The highest BCUT2D eigenvalue weighted by Gasteiger charge is 2.16. The second-order valence-corrected chi connectivity index (χ2v) is 6.78. The molecule has 32 heavy (non-hydrogen) atoms. The Labute approximate surface area is 184 Å². The molecule has 160 valence electrons. The first-order valence-electron chi connectivity index (χ1n) is 9.73. The molecule has 3 N–H and O–H groups in total. The Morgan fingerprint density at radius 1 is 1.00 bits per heavy atom. The van der Waals surface area contributed by atoms with Crippen LogP contribution >= 0.6 is 0 Å². The number of hydrogen-bond donors (Lipinski definition) is 2. The smallest absolute Gasteiger partial charge is 0.316 e. The van der Waals surface area contributed by atoms with Crippen molar-refractivity contribution in [3.05, 3.63) is 78.9 Å². The fraction of sp³-hybridized carbons (Fsp3) is 0.0870. The van der Waals surface area contributed by atoms with Crippen LogP contribution in [0.25, 0.3) is 11.1 Å². The molecule has 0 aliphatic carbocycles. The third-order valence-corrected chi connectivity index (χ3v) is 4.34. The van der Waals surface area contributed by atoms with Crippen LogP contribution in [0, 0.1) is 0 Å². The number of nitrogens with one attached hydrogen (secondary N) is 1. The van der Waals surface area contributed by atoms with Crippen molar-refractivity contribution in [1.82, 2.24) is 19.9 Å². The van der Waals surface area contributed by atoms with Crippen molar-refractivity contribution in [2.24, 2.45) is 0 Å². The zero-order valence-electron chi connectivity index (χ0n) is 17.2. The molecule has 1 amide bonds. The van der Waals surface area contributed by atoms with Crippen LogP contribution in [0.2, 0.25) is 0 Å². The molecule has 0 radical (unpaired) electrons. The van der Waals surface area contributed by atoms with Crippen molar-refractivity contribution >= 4 is 17.4 Å². The van der Waals surface area contributed by atoms with Gasteiger partial charge < -0.3 is 20.5 Å². The number of nitrogen functional groups attached to an aromatic ring is 1. The van der Waals surface area contributed by atoms with E-state index < -0.39 is 0 Å². The molecular weight excluding hydrogens is 408 g/mol. The van der Waals surface area contributed by atoms with Crippen LogP contribution in [0.4, 0.5) is 11.5 Å². The van der Waals surface area contributed by atoms with Gasteiger partial charge in [0.1, 0.15) is 24.5 Å². The molecule has 0 unspecified atom stereocenters. The van der Waals surface area contributed by atoms with E-state index in [1.807, 2.05) is 30.3 Å². The Bertz CT molecular complexity index is 1220. The van der Waals surface area contributed by atoms with Gasteiger partial charge in [-0.1, -0.05) is 36.4 Å². The molecular formula is C23H20N6O3. The molecule has 0 bridgehead atoms. The van der Waals surface area contributed by atoms with Crippen LogP contribution in [0.1, 0.15) is 12.5 Å². The third kappa shape index (κ3) is 5.14. The highest BCUT2D eigenvalue weighted by Crippen LogP contribution is 2.35. The molecule has 4 rings (SSSR count). The largest absolute Gasteiger partial charge is 0.459 e. The van der Waals surface area contributed by atoms with E-state index in [0.717, 1.165) is 5.56 Å². The Balaban J connectivity index is 1.54. The number of ether oxygens (including phenoxy) is 2. The molecule has 2 aromatic carbocycles. The van der Waals surface area contributed by atoms with Crippen LogP contribution in [0.5, 0.6) is 17.6 Å². The van der Waals surface area contributed by atoms with Crippen LogP contribution in [0.3, 0.4) is 0 Å². The minimum absolute atomic E-state index is 0.180. The van der Waals surface area contributed by atoms with E-state index in [1.165, 1.54) is 13.3 Å². The molecule has 4 aromatic rings. The van der Waals surface area contributed by atoms with E-state index in [0.29, 0.717) is 29.2 Å². The molecule has 0 spiro atoms. The van der Waals surface area contributed by atoms with Crippen molar-refractivity contribution in [2.45, 2.75) is 13.5 Å². The molecule has 9 nitrogen and oxygen atoms in total. The van der Waals surface area contributed by atoms with Crippen molar-refractivity contribution < 1.29 is 14.3 Å². The highest BCUT2D eigenvalue weighted by atomic mass is 16.5. The Morgan fingerprint density at radius 3 is 2.53 bits per heavy atom. The predicted molar refractivity (Wildman–Crippen MR) is 119 cm³/mol. The molecule has 2 aromatic heterocycles. The summed E-state index contributed by atoms with van der Waals surface area (Å²) in [5.74, 6) is 0.744. The van der Waals surface area contributed by atoms with Gasteiger partial charge in [0.05, 0.1) is 5.56 Å². The van der Waals surface area contributed by atoms with Crippen LogP contribution in [0.15, 0.2) is 73.3 Å². The summed E-state index contributed by atoms with van der Waals surface area (Å²) in [6.07, 6.45) is 4.45. The summed E-state index contributed by atoms with van der Waals surface area (Å²) in [5, 5.41) is 2.71. The number of nitrogens with zero attached hydrogens (tertiary/aromatic N) is 4. The second kappa shape index (κ2) is 9.52. The monoisotopic (exact) mass is 428 g/mol. The van der Waals surface area contributed by atoms with Crippen molar-refractivity contribution in [3.8, 4) is 28.8 Å². The van der Waals surface area contributed by atoms with Crippen molar-refractivity contribution in [1.29, 1.82) is 0 Å². The van der Waals surface area contributed by atoms with Gasteiger partial charge in [0.25, 0.3) is 0 Å². The van der Waals surface area contributed by atoms with Gasteiger partial charge in [-0.15, -0.1) is 0 Å². The lowest BCUT2D eigenvalue weighted by Crippen LogP contribution is -2.05. The van der Waals surface area contributed by atoms with Gasteiger partial charge in [-0.2, -0.15) is 0 Å². The molecule has 0 saturated heterocycles. The summed E-state index contributed by atoms with van der Waals surface area (Å²) in [6, 6.07) is 16.9. The number of carbonyl (C=O) groups is 1. The first-order valence-corrected chi connectivity index (χ1v) is 9.73. The van der Waals surface area contributed by atoms with E-state index >= 15 is 0 Å². The van der Waals surface area contributed by atoms with Gasteiger partial charge in [-0.05, 0) is 17.7 Å². The number of amides is 1. The van der Waals surface area contributed by atoms with Gasteiger partial charge >= 0.3 is 6.01 Å². The predicted octanol–water partition coefficient (Wildman–Crippen LogP) is 3.85. The number of anilines is 2. The zero-order valence-corrected chi connectivity index (χ0v) is 17.2. The van der Waals surface area contributed by atoms with E-state index in [4.69, 9.17) is 15.2 Å². The second-order valence-electron chi connectivity index (χ2n) is 6.78. The fourth-order valence-electron chi connectivity index (χ4n) is 2.93. The first-order chi connectivity index (χ1) is 15.6. The van der Waals surface area contributed by atoms with Gasteiger partial charge in [-0.25, -0.2) is 19.9 Å². The number of benzene rings is 2. The quantitative estimate of drug-likeness (QED) is 0.455. The van der Waals surface area contributed by atoms with Gasteiger partial charge in [0, 0.05) is 36.6 Å². The van der Waals surface area contributed by atoms with Crippen molar-refractivity contribution in [2.75, 3.05) is 11.1 Å². The summed E-state index contributed by atoms with van der Waals surface area (Å²) < 4.78 is 11.6. The molecule has 2 heterocycles. The Morgan fingerprint density at radius 2 is 1.78 bits per heavy atom. The van der Waals surface area contributed by atoms with Gasteiger partial charge in [0.2, 0.25) is 11.8 Å². The lowest BCUT2D eigenvalue weighted by Gasteiger charge is -2.12. The van der Waals surface area contributed by atoms with Crippen LogP contribution < -0.4 is 20.5 Å². The van der Waals surface area contributed by atoms with Crippen molar-refractivity contribution in [3.63, 3.8) is 0 Å². The molecule has 0 aliphatic heterocycles. The minimum atomic E-state index is -0.180. The zero-order chi connectivity index (χ0) is 22.3. The summed E-state index contributed by atoms with van der Waals surface area (Å²) >= 11 is 0. The normalized spacial score (nSPS) is 10.4. The summed E-state index contributed by atoms with van der Waals surface area (Å²) in [4.78, 5) is 28.1. The summed E-state index contributed by atoms with van der Waals surface area (Å²) in [6.45, 7) is 1.79. The molecule has 0 saturated carbocycles. The Hall–Kier alpha value is -4.53. The average Bonchev–Trinajstić information content (AvgIpc) is 2.79. The third-order valence-electron chi connectivity index (χ3n) is 4.34. The number of rotatable bonds is 7. The standard InChI is InChI=1S/C23H20N6O3/c1-15(30)29-18-8-5-9-19(10-18)32-22-20(21(24)27-14-28-22)17-11-25-23(26-12-17)31-13-16-6-3-2-4-7-16/h2-12,14H,13H2,1H3,(H,29,30)(H2,24,27,28). The first kappa shape index (κ1) is 20.7. The van der Waals surface area contributed by atoms with E-state index in [-0.39, 0.29) is 23.6 Å². The SMILES string of the molecule is CC(=O)Nc1cccc(Oc2ncnc(N)c2-c2cnc(OCc3ccccc3)nc2)c1. The van der Waals surface area contributed by atoms with Crippen LogP contribution in [-0.2, 0) is 11.4 Å².